The van der Waals surface area contributed by atoms with E-state index in [9.17, 15) is 20.1 Å². The van der Waals surface area contributed by atoms with Crippen molar-refractivity contribution < 1.29 is 9.59 Å². The lowest BCUT2D eigenvalue weighted by atomic mass is 9.81. The molecule has 122 valence electrons. The second-order valence-corrected chi connectivity index (χ2v) is 6.84. The summed E-state index contributed by atoms with van der Waals surface area (Å²) in [5.41, 5.74) is -0.447. The number of para-hydroxylation sites is 1. The molecule has 2 aliphatic rings. The van der Waals surface area contributed by atoms with Crippen molar-refractivity contribution >= 4 is 28.8 Å². The van der Waals surface area contributed by atoms with Crippen LogP contribution in [0.1, 0.15) is 11.6 Å². The zero-order valence-electron chi connectivity index (χ0n) is 12.9. The maximum absolute atomic E-state index is 13.1. The van der Waals surface area contributed by atoms with Crippen molar-refractivity contribution in [3.05, 3.63) is 52.7 Å². The molecule has 0 saturated carbocycles. The summed E-state index contributed by atoms with van der Waals surface area (Å²) in [6.45, 7) is 0. The summed E-state index contributed by atoms with van der Waals surface area (Å²) in [5, 5.41) is 25.9. The molecule has 3 unspecified atom stereocenters. The summed E-state index contributed by atoms with van der Waals surface area (Å²) in [7, 11) is 0. The normalized spacial score (nSPS) is 27.0. The first-order chi connectivity index (χ1) is 12.1. The predicted octanol–water partition coefficient (Wildman–Crippen LogP) is 1.98. The Kier molecular flexibility index (Phi) is 3.43. The number of carbonyl (C=O) groups is 2. The van der Waals surface area contributed by atoms with Crippen LogP contribution in [0.3, 0.4) is 0 Å². The van der Waals surface area contributed by atoms with Gasteiger partial charge in [0.15, 0.2) is 0 Å². The van der Waals surface area contributed by atoms with Gasteiger partial charge in [-0.05, 0) is 34.5 Å². The van der Waals surface area contributed by atoms with Crippen LogP contribution in [0.4, 0.5) is 5.69 Å². The summed E-state index contributed by atoms with van der Waals surface area (Å²) in [6, 6.07) is 13.8. The van der Waals surface area contributed by atoms with E-state index in [2.05, 4.69) is 5.32 Å². The maximum Gasteiger partial charge on any atom is 0.241 e. The van der Waals surface area contributed by atoms with E-state index >= 15 is 0 Å². The Hall–Kier alpha value is -3.00. The van der Waals surface area contributed by atoms with E-state index in [-0.39, 0.29) is 5.91 Å². The third-order valence-corrected chi connectivity index (χ3v) is 5.53. The van der Waals surface area contributed by atoms with Crippen molar-refractivity contribution in [2.24, 2.45) is 11.8 Å². The van der Waals surface area contributed by atoms with E-state index in [1.165, 1.54) is 11.3 Å². The van der Waals surface area contributed by atoms with Crippen LogP contribution in [-0.4, -0.2) is 17.4 Å². The molecule has 1 aromatic carbocycles. The van der Waals surface area contributed by atoms with Gasteiger partial charge in [0, 0.05) is 6.04 Å². The molecule has 6 nitrogen and oxygen atoms in total. The van der Waals surface area contributed by atoms with Crippen molar-refractivity contribution in [1.29, 1.82) is 10.5 Å². The quantitative estimate of drug-likeness (QED) is 0.837. The topological polar surface area (TPSA) is 97.0 Å². The molecule has 2 saturated heterocycles. The molecule has 3 heterocycles. The van der Waals surface area contributed by atoms with Crippen molar-refractivity contribution in [2.45, 2.75) is 11.6 Å². The van der Waals surface area contributed by atoms with Gasteiger partial charge in [0.2, 0.25) is 17.4 Å². The number of nitriles is 2. The molecule has 1 aromatic heterocycles. The van der Waals surface area contributed by atoms with E-state index < -0.39 is 29.3 Å². The van der Waals surface area contributed by atoms with Crippen molar-refractivity contribution in [2.75, 3.05) is 4.90 Å². The minimum atomic E-state index is -1.71. The van der Waals surface area contributed by atoms with E-state index in [1.54, 1.807) is 30.3 Å². The van der Waals surface area contributed by atoms with Gasteiger partial charge in [0.05, 0.1) is 17.5 Å². The average molecular weight is 348 g/mol. The van der Waals surface area contributed by atoms with E-state index in [4.69, 9.17) is 0 Å². The fraction of sp³-hybridized carbons (Fsp3) is 0.222. The Morgan fingerprint density at radius 1 is 1.08 bits per heavy atom. The van der Waals surface area contributed by atoms with Gasteiger partial charge in [-0.15, -0.1) is 0 Å². The van der Waals surface area contributed by atoms with Crippen molar-refractivity contribution in [3.63, 3.8) is 0 Å². The molecule has 7 heteroatoms. The molecule has 1 N–H and O–H groups in total. The molecule has 0 radical (unpaired) electrons. The average Bonchev–Trinajstić information content (AvgIpc) is 3.33. The van der Waals surface area contributed by atoms with Crippen LogP contribution >= 0.6 is 11.3 Å². The maximum atomic E-state index is 13.1. The zero-order chi connectivity index (χ0) is 17.6. The second-order valence-electron chi connectivity index (χ2n) is 6.06. The molecule has 2 fully saturated rings. The van der Waals surface area contributed by atoms with Gasteiger partial charge in [-0.1, -0.05) is 18.2 Å². The van der Waals surface area contributed by atoms with Crippen LogP contribution in [0.15, 0.2) is 47.2 Å². The molecular formula is C18H12N4O2S. The Labute approximate surface area is 147 Å². The number of nitrogens with one attached hydrogen (secondary N) is 1. The molecule has 0 bridgehead atoms. The van der Waals surface area contributed by atoms with Gasteiger partial charge >= 0.3 is 0 Å². The number of anilines is 1. The van der Waals surface area contributed by atoms with Crippen LogP contribution in [0.25, 0.3) is 0 Å². The van der Waals surface area contributed by atoms with Gasteiger partial charge in [-0.25, -0.2) is 4.90 Å². The number of thiophene rings is 1. The van der Waals surface area contributed by atoms with Gasteiger partial charge < -0.3 is 0 Å². The highest BCUT2D eigenvalue weighted by Gasteiger charge is 2.67. The molecule has 2 aromatic rings. The monoisotopic (exact) mass is 348 g/mol. The van der Waals surface area contributed by atoms with Crippen LogP contribution in [0.5, 0.6) is 0 Å². The minimum absolute atomic E-state index is 0.378. The zero-order valence-corrected chi connectivity index (χ0v) is 13.7. The Morgan fingerprint density at radius 2 is 1.80 bits per heavy atom. The van der Waals surface area contributed by atoms with Gasteiger partial charge in [0.1, 0.15) is 12.1 Å². The SMILES string of the molecule is N#CC1(C#N)NC(c2ccsc2)C2C(=O)N(c3ccccc3)C(=O)C21. The molecule has 0 spiro atoms. The first-order valence-electron chi connectivity index (χ1n) is 7.68. The summed E-state index contributed by atoms with van der Waals surface area (Å²) in [4.78, 5) is 27.2. The lowest BCUT2D eigenvalue weighted by molar-refractivity contribution is -0.123. The lowest BCUT2D eigenvalue weighted by Crippen LogP contribution is -2.48. The summed E-state index contributed by atoms with van der Waals surface area (Å²) >= 11 is 1.46. The number of rotatable bonds is 2. The molecule has 2 amide bonds. The van der Waals surface area contributed by atoms with Crippen molar-refractivity contribution in [1.82, 2.24) is 5.32 Å². The number of imide groups is 1. The molecule has 25 heavy (non-hydrogen) atoms. The van der Waals surface area contributed by atoms with Crippen LogP contribution in [0, 0.1) is 34.5 Å². The van der Waals surface area contributed by atoms with Gasteiger partial charge in [0.25, 0.3) is 0 Å². The standard InChI is InChI=1S/C18H12N4O2S/c19-9-18(10-20)14-13(15(21-18)11-6-7-25-8-11)16(23)22(17(14)24)12-4-2-1-3-5-12/h1-8,13-15,21H. The minimum Gasteiger partial charge on any atom is -0.279 e. The number of carbonyl (C=O) groups excluding carboxylic acids is 2. The number of nitrogens with zero attached hydrogens (tertiary/aromatic N) is 3. The summed E-state index contributed by atoms with van der Waals surface area (Å²) < 4.78 is 0. The number of amides is 2. The summed E-state index contributed by atoms with van der Waals surface area (Å²) in [5.74, 6) is -2.69. The Morgan fingerprint density at radius 3 is 2.40 bits per heavy atom. The number of hydrogen-bond donors (Lipinski definition) is 1. The number of hydrogen-bond acceptors (Lipinski definition) is 6. The number of benzene rings is 1. The highest BCUT2D eigenvalue weighted by atomic mass is 32.1. The molecule has 4 rings (SSSR count). The van der Waals surface area contributed by atoms with E-state index in [1.807, 2.05) is 29.0 Å². The molecular weight excluding hydrogens is 336 g/mol. The third-order valence-electron chi connectivity index (χ3n) is 4.83. The van der Waals surface area contributed by atoms with Gasteiger partial charge in [-0.2, -0.15) is 21.9 Å². The molecule has 3 atom stereocenters. The first-order valence-corrected chi connectivity index (χ1v) is 8.62. The Balaban J connectivity index is 1.85. The highest BCUT2D eigenvalue weighted by molar-refractivity contribution is 7.08. The number of fused-ring (bicyclic) bond motifs is 1. The first kappa shape index (κ1) is 15.5. The summed E-state index contributed by atoms with van der Waals surface area (Å²) in [6.07, 6.45) is 0. The van der Waals surface area contributed by atoms with Crippen molar-refractivity contribution in [3.8, 4) is 12.1 Å². The largest absolute Gasteiger partial charge is 0.279 e. The lowest BCUT2D eigenvalue weighted by Gasteiger charge is -2.23. The Bertz CT molecular complexity index is 912. The van der Waals surface area contributed by atoms with Crippen LogP contribution < -0.4 is 10.2 Å². The van der Waals surface area contributed by atoms with Crippen LogP contribution in [0.2, 0.25) is 0 Å². The van der Waals surface area contributed by atoms with Crippen LogP contribution in [-0.2, 0) is 9.59 Å². The second kappa shape index (κ2) is 5.52. The fourth-order valence-electron chi connectivity index (χ4n) is 3.71. The van der Waals surface area contributed by atoms with Gasteiger partial charge in [-0.3, -0.25) is 14.9 Å². The third kappa shape index (κ3) is 2.04. The molecule has 2 aliphatic heterocycles. The fourth-order valence-corrected chi connectivity index (χ4v) is 4.41. The molecule has 0 aliphatic carbocycles. The predicted molar refractivity (Wildman–Crippen MR) is 90.1 cm³/mol. The smallest absolute Gasteiger partial charge is 0.241 e. The van der Waals surface area contributed by atoms with E-state index in [0.29, 0.717) is 5.69 Å². The van der Waals surface area contributed by atoms with E-state index in [0.717, 1.165) is 10.5 Å². The highest BCUT2D eigenvalue weighted by Crippen LogP contribution is 2.49.